The minimum atomic E-state index is -0.0684. The van der Waals surface area contributed by atoms with Gasteiger partial charge in [-0.2, -0.15) is 0 Å². The largest absolute Gasteiger partial charge is 0.346 e. The molecule has 34 heavy (non-hydrogen) atoms. The number of aromatic nitrogens is 3. The van der Waals surface area contributed by atoms with Crippen LogP contribution in [-0.2, 0) is 13.0 Å². The van der Waals surface area contributed by atoms with E-state index in [1.165, 1.54) is 0 Å². The maximum Gasteiger partial charge on any atom is 0.268 e. The van der Waals surface area contributed by atoms with Crippen molar-refractivity contribution in [1.29, 1.82) is 0 Å². The molecule has 0 saturated heterocycles. The Kier molecular flexibility index (Phi) is 5.73. The second kappa shape index (κ2) is 8.72. The molecule has 0 aliphatic carbocycles. The third kappa shape index (κ3) is 3.90. The minimum Gasteiger partial charge on any atom is -0.346 e. The van der Waals surface area contributed by atoms with E-state index in [1.54, 1.807) is 0 Å². The van der Waals surface area contributed by atoms with Crippen molar-refractivity contribution in [2.24, 2.45) is 0 Å². The highest BCUT2D eigenvalue weighted by Gasteiger charge is 2.29. The van der Waals surface area contributed by atoms with E-state index in [2.05, 4.69) is 46.4 Å². The molecule has 7 nitrogen and oxygen atoms in total. The van der Waals surface area contributed by atoms with Gasteiger partial charge in [-0.1, -0.05) is 24.3 Å². The van der Waals surface area contributed by atoms with Gasteiger partial charge in [0.25, 0.3) is 5.91 Å². The van der Waals surface area contributed by atoms with Crippen LogP contribution in [0, 0.1) is 0 Å². The first-order valence-electron chi connectivity index (χ1n) is 11.9. The van der Waals surface area contributed by atoms with Gasteiger partial charge in [0.05, 0.1) is 23.5 Å². The quantitative estimate of drug-likeness (QED) is 0.425. The Hall–Kier alpha value is -3.45. The normalized spacial score (nSPS) is 18.0. The zero-order valence-electron chi connectivity index (χ0n) is 20.2. The van der Waals surface area contributed by atoms with E-state index < -0.39 is 0 Å². The lowest BCUT2D eigenvalue weighted by Crippen LogP contribution is -2.44. The average molecular weight is 458 g/mol. The smallest absolute Gasteiger partial charge is 0.268 e. The van der Waals surface area contributed by atoms with E-state index in [1.807, 2.05) is 49.4 Å². The number of carbonyl (C=O) groups excluding carboxylic acids is 2. The molecule has 1 N–H and O–H groups in total. The number of ketones is 1. The van der Waals surface area contributed by atoms with Gasteiger partial charge < -0.3 is 19.4 Å². The number of rotatable bonds is 7. The van der Waals surface area contributed by atoms with Gasteiger partial charge in [-0.05, 0) is 65.2 Å². The molecule has 3 heterocycles. The molecule has 0 spiro atoms. The van der Waals surface area contributed by atoms with Gasteiger partial charge in [-0.3, -0.25) is 9.59 Å². The lowest BCUT2D eigenvalue weighted by Gasteiger charge is -2.30. The summed E-state index contributed by atoms with van der Waals surface area (Å²) in [6.07, 6.45) is 1.22. The molecule has 0 saturated carbocycles. The third-order valence-corrected chi connectivity index (χ3v) is 6.93. The molecule has 1 aliphatic heterocycles. The number of carbonyl (C=O) groups is 2. The van der Waals surface area contributed by atoms with E-state index in [0.717, 1.165) is 47.3 Å². The van der Waals surface area contributed by atoms with Gasteiger partial charge in [0.15, 0.2) is 5.78 Å². The van der Waals surface area contributed by atoms with Crippen LogP contribution in [0.1, 0.15) is 53.0 Å². The summed E-state index contributed by atoms with van der Waals surface area (Å²) in [5.41, 5.74) is 4.20. The predicted molar refractivity (Wildman–Crippen MR) is 135 cm³/mol. The fraction of sp³-hybridized carbons (Fsp3) is 0.370. The third-order valence-electron chi connectivity index (χ3n) is 6.93. The molecule has 7 heteroatoms. The van der Waals surface area contributed by atoms with Crippen LogP contribution < -0.4 is 5.32 Å². The van der Waals surface area contributed by atoms with E-state index in [4.69, 9.17) is 4.98 Å². The molecule has 0 fully saturated rings. The minimum absolute atomic E-state index is 0.0250. The summed E-state index contributed by atoms with van der Waals surface area (Å²) in [5.74, 6) is 0.757. The van der Waals surface area contributed by atoms with Crippen LogP contribution in [0.15, 0.2) is 48.5 Å². The fourth-order valence-electron chi connectivity index (χ4n) is 4.93. The molecule has 1 amide bonds. The number of Topliss-reactive ketones (excluding diaryl/α,β-unsaturated/α-hetero) is 1. The predicted octanol–water partition coefficient (Wildman–Crippen LogP) is 4.06. The maximum atomic E-state index is 13.4. The molecule has 2 aromatic heterocycles. The fourth-order valence-corrected chi connectivity index (χ4v) is 4.93. The van der Waals surface area contributed by atoms with E-state index >= 15 is 0 Å². The van der Waals surface area contributed by atoms with Crippen LogP contribution in [0.2, 0.25) is 0 Å². The number of hydrogen-bond acceptors (Lipinski definition) is 4. The Morgan fingerprint density at radius 1 is 1.09 bits per heavy atom. The molecule has 0 bridgehead atoms. The highest BCUT2D eigenvalue weighted by Crippen LogP contribution is 2.30. The standard InChI is InChI=1S/C27H31N5O2/c1-17-18(2)32-23-15-20(11-10-19(23)14-24(32)27(34)28-17)25(33)16-26-29-21-8-5-6-9-22(21)31(26)13-7-12-30(3)4/h5-6,8-11,14-15,17-18H,7,12-13,16H2,1-4H3,(H,28,34)/t17-,18+/m1/s1. The van der Waals surface area contributed by atoms with Crippen molar-refractivity contribution in [3.63, 3.8) is 0 Å². The number of nitrogens with one attached hydrogen (secondary N) is 1. The Morgan fingerprint density at radius 3 is 2.68 bits per heavy atom. The molecular formula is C27H31N5O2. The van der Waals surface area contributed by atoms with E-state index in [-0.39, 0.29) is 30.2 Å². The van der Waals surface area contributed by atoms with Gasteiger partial charge in [0, 0.05) is 29.1 Å². The Bertz CT molecular complexity index is 1400. The van der Waals surface area contributed by atoms with Crippen molar-refractivity contribution in [3.05, 3.63) is 65.6 Å². The summed E-state index contributed by atoms with van der Waals surface area (Å²) in [6.45, 7) is 5.89. The van der Waals surface area contributed by atoms with Gasteiger partial charge in [0.1, 0.15) is 11.5 Å². The topological polar surface area (TPSA) is 72.2 Å². The van der Waals surface area contributed by atoms with Crippen molar-refractivity contribution in [3.8, 4) is 0 Å². The summed E-state index contributed by atoms with van der Waals surface area (Å²) in [5, 5.41) is 3.99. The zero-order valence-corrected chi connectivity index (χ0v) is 20.2. The van der Waals surface area contributed by atoms with Crippen LogP contribution in [0.4, 0.5) is 0 Å². The lowest BCUT2D eigenvalue weighted by atomic mass is 10.1. The Morgan fingerprint density at radius 2 is 1.88 bits per heavy atom. The van der Waals surface area contributed by atoms with Crippen molar-refractivity contribution < 1.29 is 9.59 Å². The monoisotopic (exact) mass is 457 g/mol. The maximum absolute atomic E-state index is 13.4. The summed E-state index contributed by atoms with van der Waals surface area (Å²) >= 11 is 0. The van der Waals surface area contributed by atoms with Crippen LogP contribution >= 0.6 is 0 Å². The lowest BCUT2D eigenvalue weighted by molar-refractivity contribution is 0.0891. The van der Waals surface area contributed by atoms with Gasteiger partial charge in [-0.15, -0.1) is 0 Å². The molecule has 2 aromatic carbocycles. The Balaban J connectivity index is 1.48. The zero-order chi connectivity index (χ0) is 24.0. The molecule has 2 atom stereocenters. The number of benzene rings is 2. The van der Waals surface area contributed by atoms with Gasteiger partial charge >= 0.3 is 0 Å². The highest BCUT2D eigenvalue weighted by atomic mass is 16.2. The number of hydrogen-bond donors (Lipinski definition) is 1. The molecule has 0 radical (unpaired) electrons. The number of aryl methyl sites for hydroxylation is 1. The molecular weight excluding hydrogens is 426 g/mol. The second-order valence-electron chi connectivity index (χ2n) is 9.60. The number of fused-ring (bicyclic) bond motifs is 4. The molecule has 5 rings (SSSR count). The first kappa shape index (κ1) is 22.3. The number of nitrogens with zero attached hydrogens (tertiary/aromatic N) is 4. The SMILES string of the molecule is C[C@H]1NC(=O)c2cc3ccc(C(=O)Cc4nc5ccccc5n4CCCN(C)C)cc3n2[C@H]1C. The highest BCUT2D eigenvalue weighted by molar-refractivity contribution is 6.04. The summed E-state index contributed by atoms with van der Waals surface area (Å²) in [7, 11) is 4.14. The second-order valence-corrected chi connectivity index (χ2v) is 9.60. The number of amides is 1. The van der Waals surface area contributed by atoms with Crippen LogP contribution in [0.3, 0.4) is 0 Å². The van der Waals surface area contributed by atoms with Crippen molar-refractivity contribution >= 4 is 33.6 Å². The molecule has 176 valence electrons. The summed E-state index contributed by atoms with van der Waals surface area (Å²) < 4.78 is 4.24. The van der Waals surface area contributed by atoms with Crippen molar-refractivity contribution in [2.75, 3.05) is 20.6 Å². The van der Waals surface area contributed by atoms with Crippen LogP contribution in [0.25, 0.3) is 21.9 Å². The van der Waals surface area contributed by atoms with Crippen LogP contribution in [0.5, 0.6) is 0 Å². The van der Waals surface area contributed by atoms with Crippen LogP contribution in [-0.4, -0.2) is 57.4 Å². The van der Waals surface area contributed by atoms with Crippen molar-refractivity contribution in [2.45, 2.75) is 45.3 Å². The molecule has 1 aliphatic rings. The van der Waals surface area contributed by atoms with Crippen molar-refractivity contribution in [1.82, 2.24) is 24.3 Å². The van der Waals surface area contributed by atoms with E-state index in [0.29, 0.717) is 11.3 Å². The van der Waals surface area contributed by atoms with E-state index in [9.17, 15) is 9.59 Å². The first-order chi connectivity index (χ1) is 16.3. The molecule has 0 unspecified atom stereocenters. The van der Waals surface area contributed by atoms with Gasteiger partial charge in [-0.25, -0.2) is 4.98 Å². The number of para-hydroxylation sites is 2. The average Bonchev–Trinajstić information content (AvgIpc) is 3.36. The Labute approximate surface area is 199 Å². The molecule has 4 aromatic rings. The summed E-state index contributed by atoms with van der Waals surface area (Å²) in [6, 6.07) is 15.8. The summed E-state index contributed by atoms with van der Waals surface area (Å²) in [4.78, 5) is 32.9. The van der Waals surface area contributed by atoms with Gasteiger partial charge in [0.2, 0.25) is 0 Å². The first-order valence-corrected chi connectivity index (χ1v) is 11.9. The number of imidazole rings is 1.